The van der Waals surface area contributed by atoms with Crippen molar-refractivity contribution in [2.75, 3.05) is 5.84 Å². The fraction of sp³-hybridized carbons (Fsp3) is 0.250. The molecule has 0 aliphatic carbocycles. The maximum atomic E-state index is 11.8. The Balaban J connectivity index is 2.19. The molecule has 2 N–H and O–H groups in total. The molecular weight excluding hydrogens is 319 g/mol. The van der Waals surface area contributed by atoms with Crippen molar-refractivity contribution in [1.29, 1.82) is 0 Å². The zero-order valence-electron chi connectivity index (χ0n) is 10.6. The normalized spacial score (nSPS) is 10.8. The van der Waals surface area contributed by atoms with Gasteiger partial charge in [-0.05, 0) is 24.1 Å². The molecule has 2 aromatic rings. The maximum Gasteiger partial charge on any atom is 0.294 e. The molecule has 0 amide bonds. The minimum Gasteiger partial charge on any atom is -0.334 e. The average Bonchev–Trinajstić information content (AvgIpc) is 2.42. The molecule has 0 atom stereocenters. The van der Waals surface area contributed by atoms with Crippen molar-refractivity contribution in [1.82, 2.24) is 14.9 Å². The average molecular weight is 331 g/mol. The third kappa shape index (κ3) is 3.26. The van der Waals surface area contributed by atoms with E-state index in [4.69, 9.17) is 29.0 Å². The highest BCUT2D eigenvalue weighted by molar-refractivity contribution is 7.98. The quantitative estimate of drug-likeness (QED) is 0.688. The van der Waals surface area contributed by atoms with Crippen LogP contribution in [0, 0.1) is 0 Å². The van der Waals surface area contributed by atoms with E-state index in [2.05, 4.69) is 10.2 Å². The zero-order chi connectivity index (χ0) is 14.7. The highest BCUT2D eigenvalue weighted by Gasteiger charge is 2.10. The van der Waals surface area contributed by atoms with Crippen molar-refractivity contribution in [2.45, 2.75) is 24.3 Å². The molecule has 8 heteroatoms. The number of benzene rings is 1. The van der Waals surface area contributed by atoms with Crippen molar-refractivity contribution < 1.29 is 0 Å². The number of thioether (sulfide) groups is 1. The highest BCUT2D eigenvalue weighted by Crippen LogP contribution is 2.26. The monoisotopic (exact) mass is 330 g/mol. The summed E-state index contributed by atoms with van der Waals surface area (Å²) in [5.41, 5.74) is 0.906. The Kier molecular flexibility index (Phi) is 4.91. The van der Waals surface area contributed by atoms with Gasteiger partial charge in [0.1, 0.15) is 5.69 Å². The Morgan fingerprint density at radius 2 is 2.10 bits per heavy atom. The topological polar surface area (TPSA) is 73.8 Å². The number of halogens is 2. The predicted molar refractivity (Wildman–Crippen MR) is 81.8 cm³/mol. The van der Waals surface area contributed by atoms with E-state index in [1.165, 1.54) is 11.8 Å². The molecule has 1 heterocycles. The molecule has 106 valence electrons. The predicted octanol–water partition coefficient (Wildman–Crippen LogP) is 2.51. The van der Waals surface area contributed by atoms with Crippen LogP contribution >= 0.6 is 35.0 Å². The van der Waals surface area contributed by atoms with Crippen LogP contribution in [0.1, 0.15) is 18.2 Å². The van der Waals surface area contributed by atoms with Gasteiger partial charge in [-0.15, -0.1) is 10.2 Å². The second kappa shape index (κ2) is 6.47. The first-order valence-electron chi connectivity index (χ1n) is 5.83. The molecule has 5 nitrogen and oxygen atoms in total. The SMILES string of the molecule is CCc1nnc(SCc2ccc(Cl)cc2Cl)n(N)c1=O. The second-order valence-electron chi connectivity index (χ2n) is 3.98. The van der Waals surface area contributed by atoms with Crippen LogP contribution in [0.3, 0.4) is 0 Å². The number of aromatic nitrogens is 3. The molecule has 20 heavy (non-hydrogen) atoms. The van der Waals surface area contributed by atoms with Gasteiger partial charge in [0.05, 0.1) is 0 Å². The lowest BCUT2D eigenvalue weighted by Crippen LogP contribution is -2.33. The van der Waals surface area contributed by atoms with Crippen LogP contribution in [0.15, 0.2) is 28.2 Å². The first-order valence-corrected chi connectivity index (χ1v) is 7.57. The van der Waals surface area contributed by atoms with Gasteiger partial charge in [0, 0.05) is 15.8 Å². The lowest BCUT2D eigenvalue weighted by atomic mass is 10.2. The van der Waals surface area contributed by atoms with E-state index in [9.17, 15) is 4.79 Å². The first kappa shape index (κ1) is 15.2. The van der Waals surface area contributed by atoms with Crippen LogP contribution in [0.25, 0.3) is 0 Å². The van der Waals surface area contributed by atoms with Gasteiger partial charge < -0.3 is 5.84 Å². The van der Waals surface area contributed by atoms with Crippen molar-refractivity contribution in [3.05, 3.63) is 49.9 Å². The molecule has 0 bridgehead atoms. The van der Waals surface area contributed by atoms with E-state index in [0.29, 0.717) is 33.1 Å². The van der Waals surface area contributed by atoms with Crippen LogP contribution in [-0.2, 0) is 12.2 Å². The Bertz CT molecular complexity index is 690. The maximum absolute atomic E-state index is 11.8. The van der Waals surface area contributed by atoms with Crippen LogP contribution in [0.5, 0.6) is 0 Å². The van der Waals surface area contributed by atoms with E-state index in [1.54, 1.807) is 12.1 Å². The van der Waals surface area contributed by atoms with Crippen molar-refractivity contribution >= 4 is 35.0 Å². The van der Waals surface area contributed by atoms with Crippen molar-refractivity contribution in [3.8, 4) is 0 Å². The van der Waals surface area contributed by atoms with E-state index in [-0.39, 0.29) is 5.56 Å². The molecule has 0 spiro atoms. The summed E-state index contributed by atoms with van der Waals surface area (Å²) < 4.78 is 1.01. The summed E-state index contributed by atoms with van der Waals surface area (Å²) in [7, 11) is 0. The van der Waals surface area contributed by atoms with Gasteiger partial charge in [-0.1, -0.05) is 48.0 Å². The van der Waals surface area contributed by atoms with Gasteiger partial charge in [0.15, 0.2) is 0 Å². The Labute approximate surface area is 130 Å². The molecule has 0 aliphatic rings. The van der Waals surface area contributed by atoms with E-state index in [1.807, 2.05) is 13.0 Å². The molecule has 0 saturated carbocycles. The molecule has 0 unspecified atom stereocenters. The fourth-order valence-electron chi connectivity index (χ4n) is 1.52. The van der Waals surface area contributed by atoms with Gasteiger partial charge in [-0.2, -0.15) is 4.68 Å². The minimum absolute atomic E-state index is 0.327. The standard InChI is InChI=1S/C12H12Cl2N4OS/c1-2-10-11(19)18(15)12(17-16-10)20-6-7-3-4-8(13)5-9(7)14/h3-5H,2,6,15H2,1H3. The van der Waals surface area contributed by atoms with Crippen LogP contribution in [-0.4, -0.2) is 14.9 Å². The number of hydrogen-bond donors (Lipinski definition) is 1. The largest absolute Gasteiger partial charge is 0.334 e. The van der Waals surface area contributed by atoms with E-state index in [0.717, 1.165) is 10.2 Å². The second-order valence-corrected chi connectivity index (χ2v) is 5.77. The minimum atomic E-state index is -0.327. The van der Waals surface area contributed by atoms with E-state index >= 15 is 0 Å². The number of aryl methyl sites for hydroxylation is 1. The summed E-state index contributed by atoms with van der Waals surface area (Å²) in [4.78, 5) is 11.8. The number of rotatable bonds is 4. The molecule has 0 saturated heterocycles. The number of nitrogen functional groups attached to an aromatic ring is 1. The lowest BCUT2D eigenvalue weighted by molar-refractivity contribution is 0.668. The van der Waals surface area contributed by atoms with E-state index < -0.39 is 0 Å². The molecular formula is C12H12Cl2N4OS. The molecule has 0 radical (unpaired) electrons. The smallest absolute Gasteiger partial charge is 0.294 e. The van der Waals surface area contributed by atoms with Crippen LogP contribution in [0.4, 0.5) is 0 Å². The Hall–Kier alpha value is -1.24. The number of nitrogens with zero attached hydrogens (tertiary/aromatic N) is 3. The van der Waals surface area contributed by atoms with Crippen molar-refractivity contribution in [2.24, 2.45) is 0 Å². The van der Waals surface area contributed by atoms with Gasteiger partial charge in [0.25, 0.3) is 5.56 Å². The van der Waals surface area contributed by atoms with Gasteiger partial charge >= 0.3 is 0 Å². The summed E-state index contributed by atoms with van der Waals surface area (Å²) in [6.07, 6.45) is 0.497. The van der Waals surface area contributed by atoms with Crippen molar-refractivity contribution in [3.63, 3.8) is 0 Å². The summed E-state index contributed by atoms with van der Waals surface area (Å²) in [6.45, 7) is 1.83. The van der Waals surface area contributed by atoms with Gasteiger partial charge in [-0.25, -0.2) is 0 Å². The molecule has 0 aliphatic heterocycles. The molecule has 1 aromatic heterocycles. The number of hydrogen-bond acceptors (Lipinski definition) is 5. The third-order valence-corrected chi connectivity index (χ3v) is 4.21. The summed E-state index contributed by atoms with van der Waals surface area (Å²) in [5.74, 6) is 6.23. The summed E-state index contributed by atoms with van der Waals surface area (Å²) >= 11 is 13.2. The van der Waals surface area contributed by atoms with Crippen LogP contribution < -0.4 is 11.4 Å². The van der Waals surface area contributed by atoms with Gasteiger partial charge in [-0.3, -0.25) is 4.79 Å². The Morgan fingerprint density at radius 1 is 1.35 bits per heavy atom. The van der Waals surface area contributed by atoms with Crippen LogP contribution in [0.2, 0.25) is 10.0 Å². The first-order chi connectivity index (χ1) is 9.52. The molecule has 2 rings (SSSR count). The Morgan fingerprint density at radius 3 is 2.75 bits per heavy atom. The van der Waals surface area contributed by atoms with Gasteiger partial charge in [0.2, 0.25) is 5.16 Å². The lowest BCUT2D eigenvalue weighted by Gasteiger charge is -2.07. The number of nitrogens with two attached hydrogens (primary N) is 1. The fourth-order valence-corrected chi connectivity index (χ4v) is 2.93. The summed E-state index contributed by atoms with van der Waals surface area (Å²) in [6, 6.07) is 5.25. The summed E-state index contributed by atoms with van der Waals surface area (Å²) in [5, 5.41) is 9.31. The zero-order valence-corrected chi connectivity index (χ0v) is 13.0. The third-order valence-electron chi connectivity index (χ3n) is 2.63. The molecule has 1 aromatic carbocycles. The highest BCUT2D eigenvalue weighted by atomic mass is 35.5. The molecule has 0 fully saturated rings.